The summed E-state index contributed by atoms with van der Waals surface area (Å²) in [6.45, 7) is 9.17. The molecule has 0 aliphatic carbocycles. The van der Waals surface area contributed by atoms with Gasteiger partial charge in [-0.1, -0.05) is 44.2 Å². The molecule has 24 heavy (non-hydrogen) atoms. The third kappa shape index (κ3) is 11.3. The van der Waals surface area contributed by atoms with E-state index in [1.54, 1.807) is 0 Å². The highest BCUT2D eigenvalue weighted by molar-refractivity contribution is 14.0. The maximum Gasteiger partial charge on any atom is 0.222 e. The van der Waals surface area contributed by atoms with Crippen molar-refractivity contribution in [1.29, 1.82) is 0 Å². The number of rotatable bonds is 9. The topological polar surface area (TPSA) is 65.5 Å². The summed E-state index contributed by atoms with van der Waals surface area (Å²) in [5, 5.41) is 9.32. The Hall–Kier alpha value is -1.31. The second-order valence-corrected chi connectivity index (χ2v) is 5.88. The van der Waals surface area contributed by atoms with Crippen LogP contribution in [0.2, 0.25) is 0 Å². The van der Waals surface area contributed by atoms with E-state index in [9.17, 15) is 4.79 Å². The number of amides is 1. The van der Waals surface area contributed by atoms with E-state index < -0.39 is 0 Å². The van der Waals surface area contributed by atoms with E-state index in [-0.39, 0.29) is 29.9 Å². The zero-order valence-electron chi connectivity index (χ0n) is 15.0. The molecule has 0 fully saturated rings. The standard InChI is InChI=1S/C18H30N4O.HI/c1-4-19-18(20-12-10-15(2)3)21-13-11-17(23)22-14-16-8-6-5-7-9-16;/h5-9,15H,4,10-14H2,1-3H3,(H,22,23)(H2,19,20,21);1H. The molecule has 0 saturated heterocycles. The van der Waals surface area contributed by atoms with Crippen LogP contribution >= 0.6 is 24.0 Å². The lowest BCUT2D eigenvalue weighted by Gasteiger charge is -2.12. The summed E-state index contributed by atoms with van der Waals surface area (Å²) in [5.41, 5.74) is 1.11. The summed E-state index contributed by atoms with van der Waals surface area (Å²) in [5.74, 6) is 1.47. The molecule has 1 aromatic rings. The third-order valence-electron chi connectivity index (χ3n) is 3.30. The molecule has 0 aromatic heterocycles. The molecular formula is C18H31IN4O. The molecule has 1 amide bonds. The minimum atomic E-state index is 0. The first-order valence-corrected chi connectivity index (χ1v) is 8.44. The first kappa shape index (κ1) is 22.7. The van der Waals surface area contributed by atoms with Gasteiger partial charge in [0, 0.05) is 32.6 Å². The Morgan fingerprint density at radius 2 is 1.83 bits per heavy atom. The first-order valence-electron chi connectivity index (χ1n) is 8.44. The van der Waals surface area contributed by atoms with Crippen molar-refractivity contribution in [3.8, 4) is 0 Å². The summed E-state index contributed by atoms with van der Waals surface area (Å²) in [4.78, 5) is 16.4. The number of carbonyl (C=O) groups excluding carboxylic acids is 1. The van der Waals surface area contributed by atoms with Gasteiger partial charge in [0.05, 0.1) is 0 Å². The van der Waals surface area contributed by atoms with Crippen LogP contribution in [0.3, 0.4) is 0 Å². The molecule has 0 radical (unpaired) electrons. The Labute approximate surface area is 163 Å². The van der Waals surface area contributed by atoms with Crippen LogP contribution in [-0.4, -0.2) is 31.5 Å². The van der Waals surface area contributed by atoms with Crippen LogP contribution in [0.4, 0.5) is 0 Å². The van der Waals surface area contributed by atoms with Gasteiger partial charge < -0.3 is 16.0 Å². The van der Waals surface area contributed by atoms with Gasteiger partial charge in [-0.05, 0) is 24.8 Å². The molecule has 1 aromatic carbocycles. The zero-order valence-corrected chi connectivity index (χ0v) is 17.3. The van der Waals surface area contributed by atoms with Crippen LogP contribution in [0.15, 0.2) is 35.3 Å². The molecule has 5 nitrogen and oxygen atoms in total. The lowest BCUT2D eigenvalue weighted by molar-refractivity contribution is -0.121. The fourth-order valence-electron chi connectivity index (χ4n) is 1.96. The van der Waals surface area contributed by atoms with Crippen LogP contribution < -0.4 is 16.0 Å². The van der Waals surface area contributed by atoms with Gasteiger partial charge in [0.2, 0.25) is 5.91 Å². The van der Waals surface area contributed by atoms with Crippen molar-refractivity contribution in [2.75, 3.05) is 19.6 Å². The summed E-state index contributed by atoms with van der Waals surface area (Å²) in [6.07, 6.45) is 1.50. The highest BCUT2D eigenvalue weighted by Crippen LogP contribution is 1.98. The van der Waals surface area contributed by atoms with E-state index in [1.807, 2.05) is 37.3 Å². The molecule has 6 heteroatoms. The van der Waals surface area contributed by atoms with E-state index in [0.29, 0.717) is 25.4 Å². The molecule has 0 aliphatic rings. The number of aliphatic imine (C=N–C) groups is 1. The van der Waals surface area contributed by atoms with Crippen LogP contribution in [0.25, 0.3) is 0 Å². The van der Waals surface area contributed by atoms with Crippen molar-refractivity contribution in [2.45, 2.75) is 40.2 Å². The van der Waals surface area contributed by atoms with Crippen molar-refractivity contribution in [2.24, 2.45) is 10.9 Å². The zero-order chi connectivity index (χ0) is 16.9. The van der Waals surface area contributed by atoms with E-state index in [4.69, 9.17) is 0 Å². The lowest BCUT2D eigenvalue weighted by Crippen LogP contribution is -2.39. The molecule has 0 saturated carbocycles. The van der Waals surface area contributed by atoms with Gasteiger partial charge in [-0.2, -0.15) is 0 Å². The van der Waals surface area contributed by atoms with Crippen LogP contribution in [0, 0.1) is 5.92 Å². The average Bonchev–Trinajstić information content (AvgIpc) is 2.53. The quantitative estimate of drug-likeness (QED) is 0.311. The minimum Gasteiger partial charge on any atom is -0.357 e. The van der Waals surface area contributed by atoms with Gasteiger partial charge >= 0.3 is 0 Å². The lowest BCUT2D eigenvalue weighted by atomic mass is 10.1. The fourth-order valence-corrected chi connectivity index (χ4v) is 1.96. The van der Waals surface area contributed by atoms with Crippen molar-refractivity contribution in [3.63, 3.8) is 0 Å². The average molecular weight is 446 g/mol. The Balaban J connectivity index is 0.00000529. The molecule has 1 rings (SSSR count). The summed E-state index contributed by atoms with van der Waals surface area (Å²) < 4.78 is 0. The van der Waals surface area contributed by atoms with Crippen molar-refractivity contribution in [3.05, 3.63) is 35.9 Å². The second kappa shape index (κ2) is 14.1. The Bertz CT molecular complexity index is 477. The highest BCUT2D eigenvalue weighted by Gasteiger charge is 2.03. The Morgan fingerprint density at radius 3 is 2.46 bits per heavy atom. The van der Waals surface area contributed by atoms with E-state index in [2.05, 4.69) is 34.8 Å². The van der Waals surface area contributed by atoms with Gasteiger partial charge in [-0.15, -0.1) is 24.0 Å². The predicted molar refractivity (Wildman–Crippen MR) is 112 cm³/mol. The summed E-state index contributed by atoms with van der Waals surface area (Å²) >= 11 is 0. The van der Waals surface area contributed by atoms with E-state index >= 15 is 0 Å². The van der Waals surface area contributed by atoms with Crippen molar-refractivity contribution < 1.29 is 4.79 Å². The Morgan fingerprint density at radius 1 is 1.12 bits per heavy atom. The van der Waals surface area contributed by atoms with Crippen molar-refractivity contribution in [1.82, 2.24) is 16.0 Å². The molecule has 0 aliphatic heterocycles. The van der Waals surface area contributed by atoms with Crippen molar-refractivity contribution >= 4 is 35.8 Å². The highest BCUT2D eigenvalue weighted by atomic mass is 127. The monoisotopic (exact) mass is 446 g/mol. The molecule has 0 heterocycles. The molecule has 3 N–H and O–H groups in total. The van der Waals surface area contributed by atoms with Gasteiger partial charge in [0.15, 0.2) is 5.96 Å². The SMILES string of the molecule is CCNC(=NCCC(C)C)NCCC(=O)NCc1ccccc1.I. The first-order chi connectivity index (χ1) is 11.1. The van der Waals surface area contributed by atoms with Gasteiger partial charge in [0.1, 0.15) is 0 Å². The number of halogens is 1. The van der Waals surface area contributed by atoms with Crippen LogP contribution in [0.5, 0.6) is 0 Å². The number of hydrogen-bond acceptors (Lipinski definition) is 2. The summed E-state index contributed by atoms with van der Waals surface area (Å²) in [7, 11) is 0. The number of carbonyl (C=O) groups is 1. The number of hydrogen-bond donors (Lipinski definition) is 3. The third-order valence-corrected chi connectivity index (χ3v) is 3.30. The smallest absolute Gasteiger partial charge is 0.222 e. The second-order valence-electron chi connectivity index (χ2n) is 5.88. The maximum atomic E-state index is 11.8. The normalized spacial score (nSPS) is 10.9. The van der Waals surface area contributed by atoms with Crippen LogP contribution in [-0.2, 0) is 11.3 Å². The van der Waals surface area contributed by atoms with E-state index in [0.717, 1.165) is 31.0 Å². The molecule has 0 spiro atoms. The summed E-state index contributed by atoms with van der Waals surface area (Å²) in [6, 6.07) is 9.92. The molecule has 0 atom stereocenters. The Kier molecular flexibility index (Phi) is 13.3. The van der Waals surface area contributed by atoms with Gasteiger partial charge in [0.25, 0.3) is 0 Å². The number of nitrogens with one attached hydrogen (secondary N) is 3. The minimum absolute atomic E-state index is 0. The molecule has 0 bridgehead atoms. The predicted octanol–water partition coefficient (Wildman–Crippen LogP) is 2.91. The molecule has 136 valence electrons. The maximum absolute atomic E-state index is 11.8. The van der Waals surface area contributed by atoms with Crippen LogP contribution in [0.1, 0.15) is 39.2 Å². The largest absolute Gasteiger partial charge is 0.357 e. The molecule has 0 unspecified atom stereocenters. The van der Waals surface area contributed by atoms with E-state index in [1.165, 1.54) is 0 Å². The number of benzene rings is 1. The van der Waals surface area contributed by atoms with Gasteiger partial charge in [-0.25, -0.2) is 0 Å². The fraction of sp³-hybridized carbons (Fsp3) is 0.556. The number of nitrogens with zero attached hydrogens (tertiary/aromatic N) is 1. The molecular weight excluding hydrogens is 415 g/mol. The number of guanidine groups is 1. The van der Waals surface area contributed by atoms with Gasteiger partial charge in [-0.3, -0.25) is 9.79 Å².